The Morgan fingerprint density at radius 1 is 1.00 bits per heavy atom. The summed E-state index contributed by atoms with van der Waals surface area (Å²) in [4.78, 5) is 56.0. The number of rotatable bonds is 8. The molecule has 0 spiro atoms. The summed E-state index contributed by atoms with van der Waals surface area (Å²) in [5, 5.41) is 4.31. The Morgan fingerprint density at radius 3 is 2.41 bits per heavy atom. The van der Waals surface area contributed by atoms with Gasteiger partial charge in [0, 0.05) is 16.4 Å². The van der Waals surface area contributed by atoms with Gasteiger partial charge in [-0.05, 0) is 42.0 Å². The van der Waals surface area contributed by atoms with E-state index in [1.807, 2.05) is 61.5 Å². The number of nitrogens with zero attached hydrogens (tertiary/aromatic N) is 3. The first-order valence-corrected chi connectivity index (χ1v) is 14.8. The number of H-pyrrole nitrogens is 1. The van der Waals surface area contributed by atoms with Gasteiger partial charge >= 0.3 is 11.4 Å². The molecule has 3 aromatic heterocycles. The van der Waals surface area contributed by atoms with E-state index in [0.717, 1.165) is 70.2 Å². The highest BCUT2D eigenvalue weighted by Crippen LogP contribution is 2.30. The van der Waals surface area contributed by atoms with Gasteiger partial charge in [-0.1, -0.05) is 79.9 Å². The predicted molar refractivity (Wildman–Crippen MR) is 158 cm³/mol. The summed E-state index contributed by atoms with van der Waals surface area (Å²) in [6.45, 7) is 2.09. The minimum absolute atomic E-state index is 0.0304. The molecular weight excluding hydrogens is 540 g/mol. The number of ketones is 1. The fraction of sp³-hybridized carbons (Fsp3) is 0.323. The van der Waals surface area contributed by atoms with Crippen molar-refractivity contribution >= 4 is 27.3 Å². The second-order valence-electron chi connectivity index (χ2n) is 10.5. The molecular formula is C31H30N4O5S. The van der Waals surface area contributed by atoms with Gasteiger partial charge in [0.15, 0.2) is 11.6 Å². The van der Waals surface area contributed by atoms with Crippen LogP contribution in [0.15, 0.2) is 73.5 Å². The summed E-state index contributed by atoms with van der Waals surface area (Å²) in [7, 11) is 0. The molecule has 0 saturated heterocycles. The second-order valence-corrected chi connectivity index (χ2v) is 11.6. The van der Waals surface area contributed by atoms with Crippen molar-refractivity contribution < 1.29 is 9.32 Å². The second kappa shape index (κ2) is 11.3. The monoisotopic (exact) mass is 570 g/mol. The van der Waals surface area contributed by atoms with Crippen molar-refractivity contribution in [2.75, 3.05) is 0 Å². The Labute approximate surface area is 239 Å². The van der Waals surface area contributed by atoms with Crippen LogP contribution in [0.2, 0.25) is 0 Å². The topological polar surface area (TPSA) is 120 Å². The molecule has 0 aliphatic heterocycles. The maximum absolute atomic E-state index is 13.8. The highest BCUT2D eigenvalue weighted by Gasteiger charge is 2.24. The van der Waals surface area contributed by atoms with Crippen molar-refractivity contribution in [3.05, 3.63) is 96.4 Å². The molecule has 1 fully saturated rings. The first kappa shape index (κ1) is 26.9. The number of hydrogen-bond acceptors (Lipinski definition) is 7. The van der Waals surface area contributed by atoms with Crippen molar-refractivity contribution in [2.45, 2.75) is 58.5 Å². The largest absolute Gasteiger partial charge is 0.439 e. The molecule has 41 heavy (non-hydrogen) atoms. The molecule has 5 aromatic rings. The average Bonchev–Trinajstić information content (AvgIpc) is 3.65. The van der Waals surface area contributed by atoms with Gasteiger partial charge in [0.25, 0.3) is 5.56 Å². The molecule has 210 valence electrons. The number of Topliss-reactive ketones (excluding diaryl/α,β-unsaturated/α-hetero) is 1. The zero-order valence-electron chi connectivity index (χ0n) is 22.7. The molecule has 2 aromatic carbocycles. The van der Waals surface area contributed by atoms with E-state index in [2.05, 4.69) is 14.7 Å². The highest BCUT2D eigenvalue weighted by molar-refractivity contribution is 7.18. The van der Waals surface area contributed by atoms with Crippen LogP contribution in [-0.2, 0) is 24.3 Å². The summed E-state index contributed by atoms with van der Waals surface area (Å²) >= 11 is 1.45. The standard InChI is InChI=1S/C31H30N4O5S/c1-2-22-16-25-28(37)34(18-26(36)21-8-4-3-5-9-21)31(39)35(29(25)41-22)17-19-12-14-20(15-13-19)23-10-6-7-11-24(23)27-32-30(38)40-33-27/h6-7,10-16,21H,2-5,8-9,17-18H2,1H3,(H,32,33,38). The van der Waals surface area contributed by atoms with Gasteiger partial charge in [0.1, 0.15) is 4.83 Å². The molecule has 0 atom stereocenters. The molecule has 1 saturated carbocycles. The van der Waals surface area contributed by atoms with Crippen LogP contribution in [0.4, 0.5) is 0 Å². The number of carbonyl (C=O) groups excluding carboxylic acids is 1. The van der Waals surface area contributed by atoms with Gasteiger partial charge in [-0.3, -0.25) is 28.2 Å². The fourth-order valence-corrected chi connectivity index (χ4v) is 6.75. The summed E-state index contributed by atoms with van der Waals surface area (Å²) in [6, 6.07) is 17.2. The SMILES string of the molecule is CCc1cc2c(=O)n(CC(=O)C3CCCCC3)c(=O)n(Cc3ccc(-c4ccccc4-c4noc(=O)[nH]4)cc3)c2s1. The third-order valence-corrected chi connectivity index (χ3v) is 9.20. The minimum atomic E-state index is -0.622. The zero-order valence-corrected chi connectivity index (χ0v) is 23.5. The van der Waals surface area contributed by atoms with Crippen molar-refractivity contribution in [3.63, 3.8) is 0 Å². The van der Waals surface area contributed by atoms with E-state index < -0.39 is 11.4 Å². The predicted octanol–water partition coefficient (Wildman–Crippen LogP) is 5.00. The van der Waals surface area contributed by atoms with Crippen LogP contribution >= 0.6 is 11.3 Å². The molecule has 1 aliphatic carbocycles. The van der Waals surface area contributed by atoms with Crippen molar-refractivity contribution in [1.82, 2.24) is 19.3 Å². The lowest BCUT2D eigenvalue weighted by Crippen LogP contribution is -2.42. The van der Waals surface area contributed by atoms with E-state index in [9.17, 15) is 19.2 Å². The van der Waals surface area contributed by atoms with Crippen LogP contribution in [0.1, 0.15) is 49.5 Å². The Kier molecular flexibility index (Phi) is 7.40. The lowest BCUT2D eigenvalue weighted by Gasteiger charge is -2.20. The molecule has 0 amide bonds. The van der Waals surface area contributed by atoms with E-state index in [-0.39, 0.29) is 30.3 Å². The fourth-order valence-electron chi connectivity index (χ4n) is 5.67. The van der Waals surface area contributed by atoms with Gasteiger partial charge in [0.05, 0.1) is 18.5 Å². The Balaban J connectivity index is 1.36. The average molecular weight is 571 g/mol. The number of hydrogen-bond donors (Lipinski definition) is 1. The van der Waals surface area contributed by atoms with Gasteiger partial charge in [-0.15, -0.1) is 11.3 Å². The number of aromatic nitrogens is 4. The molecule has 1 N–H and O–H groups in total. The number of carbonyl (C=O) groups is 1. The van der Waals surface area contributed by atoms with Crippen molar-refractivity contribution in [2.24, 2.45) is 5.92 Å². The number of aromatic amines is 1. The number of aryl methyl sites for hydroxylation is 1. The molecule has 0 radical (unpaired) electrons. The Morgan fingerprint density at radius 2 is 1.73 bits per heavy atom. The van der Waals surface area contributed by atoms with Gasteiger partial charge in [-0.25, -0.2) is 9.59 Å². The maximum atomic E-state index is 13.8. The zero-order chi connectivity index (χ0) is 28.5. The number of nitrogens with one attached hydrogen (secondary N) is 1. The van der Waals surface area contributed by atoms with Crippen LogP contribution in [-0.4, -0.2) is 25.1 Å². The van der Waals surface area contributed by atoms with E-state index >= 15 is 0 Å². The smallest absolute Gasteiger partial charge is 0.297 e. The van der Waals surface area contributed by atoms with Crippen LogP contribution in [0.5, 0.6) is 0 Å². The van der Waals surface area contributed by atoms with E-state index in [4.69, 9.17) is 0 Å². The number of fused-ring (bicyclic) bond motifs is 1. The van der Waals surface area contributed by atoms with Crippen molar-refractivity contribution in [3.8, 4) is 22.5 Å². The lowest BCUT2D eigenvalue weighted by atomic mass is 9.86. The maximum Gasteiger partial charge on any atom is 0.439 e. The van der Waals surface area contributed by atoms with Gasteiger partial charge in [-0.2, -0.15) is 0 Å². The Hall–Kier alpha value is -4.31. The number of benzene rings is 2. The van der Waals surface area contributed by atoms with Gasteiger partial charge in [0.2, 0.25) is 0 Å². The van der Waals surface area contributed by atoms with Gasteiger partial charge < -0.3 is 0 Å². The molecule has 1 aliphatic rings. The molecule has 0 unspecified atom stereocenters. The van der Waals surface area contributed by atoms with Crippen LogP contribution < -0.4 is 17.0 Å². The molecule has 10 heteroatoms. The summed E-state index contributed by atoms with van der Waals surface area (Å²) < 4.78 is 7.45. The molecule has 9 nitrogen and oxygen atoms in total. The van der Waals surface area contributed by atoms with Crippen LogP contribution in [0, 0.1) is 5.92 Å². The molecule has 0 bridgehead atoms. The quantitative estimate of drug-likeness (QED) is 0.281. The van der Waals surface area contributed by atoms with Crippen LogP contribution in [0.25, 0.3) is 32.7 Å². The van der Waals surface area contributed by atoms with E-state index in [1.165, 1.54) is 11.3 Å². The minimum Gasteiger partial charge on any atom is -0.297 e. The first-order valence-electron chi connectivity index (χ1n) is 14.0. The van der Waals surface area contributed by atoms with Crippen molar-refractivity contribution in [1.29, 1.82) is 0 Å². The molecule has 6 rings (SSSR count). The number of thiophene rings is 1. The summed E-state index contributed by atoms with van der Waals surface area (Å²) in [6.07, 6.45) is 5.54. The summed E-state index contributed by atoms with van der Waals surface area (Å²) in [5.41, 5.74) is 2.52. The van der Waals surface area contributed by atoms with E-state index in [1.54, 1.807) is 4.57 Å². The normalized spacial score (nSPS) is 14.1. The first-order chi connectivity index (χ1) is 19.9. The third-order valence-electron chi connectivity index (χ3n) is 7.90. The lowest BCUT2D eigenvalue weighted by molar-refractivity contribution is -0.124. The molecule has 3 heterocycles. The van der Waals surface area contributed by atoms with E-state index in [0.29, 0.717) is 16.0 Å². The Bertz CT molecular complexity index is 1900. The summed E-state index contributed by atoms with van der Waals surface area (Å²) in [5.74, 6) is -0.392. The highest BCUT2D eigenvalue weighted by atomic mass is 32.1. The third kappa shape index (κ3) is 5.27. The van der Waals surface area contributed by atoms with Crippen LogP contribution in [0.3, 0.4) is 0 Å².